The highest BCUT2D eigenvalue weighted by Crippen LogP contribution is 2.02. The van der Waals surface area contributed by atoms with Crippen molar-refractivity contribution in [1.82, 2.24) is 10.6 Å². The fourth-order valence-electron chi connectivity index (χ4n) is 1.41. The van der Waals surface area contributed by atoms with Crippen molar-refractivity contribution in [3.63, 3.8) is 0 Å². The Labute approximate surface area is 113 Å². The van der Waals surface area contributed by atoms with Gasteiger partial charge in [0, 0.05) is 19.4 Å². The van der Waals surface area contributed by atoms with E-state index in [2.05, 4.69) is 10.6 Å². The van der Waals surface area contributed by atoms with Crippen molar-refractivity contribution in [3.05, 3.63) is 0 Å². The number of amides is 2. The first-order valence-corrected chi connectivity index (χ1v) is 6.56. The first-order valence-electron chi connectivity index (χ1n) is 6.56. The minimum Gasteiger partial charge on any atom is -0.481 e. The molecule has 1 atom stereocenters. The second kappa shape index (κ2) is 9.35. The molecule has 19 heavy (non-hydrogen) atoms. The van der Waals surface area contributed by atoms with Crippen LogP contribution in [0.5, 0.6) is 0 Å². The quantitative estimate of drug-likeness (QED) is 0.577. The fourth-order valence-corrected chi connectivity index (χ4v) is 1.41. The number of hydrogen-bond donors (Lipinski definition) is 3. The second-order valence-corrected chi connectivity index (χ2v) is 5.22. The third-order valence-corrected chi connectivity index (χ3v) is 2.57. The van der Waals surface area contributed by atoms with Gasteiger partial charge in [-0.2, -0.15) is 0 Å². The van der Waals surface area contributed by atoms with Gasteiger partial charge in [0.25, 0.3) is 0 Å². The van der Waals surface area contributed by atoms with Crippen molar-refractivity contribution in [1.29, 1.82) is 0 Å². The summed E-state index contributed by atoms with van der Waals surface area (Å²) in [5.41, 5.74) is 0. The van der Waals surface area contributed by atoms with E-state index >= 15 is 0 Å². The monoisotopic (exact) mass is 272 g/mol. The SMILES string of the molecule is CC(C)CCC(=O)NCC(=O)NCC(C)CC(=O)O. The predicted octanol–water partition coefficient (Wildman–Crippen LogP) is 0.766. The molecule has 1 unspecified atom stereocenters. The highest BCUT2D eigenvalue weighted by Gasteiger charge is 2.10. The van der Waals surface area contributed by atoms with Crippen LogP contribution in [-0.4, -0.2) is 36.0 Å². The molecule has 0 saturated heterocycles. The maximum absolute atomic E-state index is 11.4. The van der Waals surface area contributed by atoms with Gasteiger partial charge in [-0.05, 0) is 18.3 Å². The van der Waals surface area contributed by atoms with E-state index in [1.807, 2.05) is 13.8 Å². The number of carboxylic acid groups (broad SMARTS) is 1. The van der Waals surface area contributed by atoms with Gasteiger partial charge in [0.05, 0.1) is 6.54 Å². The Bertz CT molecular complexity index is 316. The molecule has 6 heteroatoms. The van der Waals surface area contributed by atoms with Crippen LogP contribution in [0.2, 0.25) is 0 Å². The van der Waals surface area contributed by atoms with E-state index in [1.54, 1.807) is 6.92 Å². The van der Waals surface area contributed by atoms with E-state index in [1.165, 1.54) is 0 Å². The zero-order valence-electron chi connectivity index (χ0n) is 11.9. The zero-order chi connectivity index (χ0) is 14.8. The molecule has 2 amide bonds. The molecule has 0 radical (unpaired) electrons. The third kappa shape index (κ3) is 11.2. The lowest BCUT2D eigenvalue weighted by atomic mass is 10.1. The smallest absolute Gasteiger partial charge is 0.303 e. The molecular formula is C13H24N2O4. The summed E-state index contributed by atoms with van der Waals surface area (Å²) < 4.78 is 0. The molecule has 110 valence electrons. The first-order chi connectivity index (χ1) is 8.81. The van der Waals surface area contributed by atoms with E-state index in [4.69, 9.17) is 5.11 Å². The van der Waals surface area contributed by atoms with Gasteiger partial charge >= 0.3 is 5.97 Å². The van der Waals surface area contributed by atoms with Gasteiger partial charge < -0.3 is 15.7 Å². The number of aliphatic carboxylic acids is 1. The molecule has 0 heterocycles. The Hall–Kier alpha value is -1.59. The van der Waals surface area contributed by atoms with Crippen LogP contribution in [0.4, 0.5) is 0 Å². The van der Waals surface area contributed by atoms with Gasteiger partial charge in [0.2, 0.25) is 11.8 Å². The van der Waals surface area contributed by atoms with Crippen LogP contribution < -0.4 is 10.6 Å². The molecular weight excluding hydrogens is 248 g/mol. The normalized spacial score (nSPS) is 12.0. The zero-order valence-corrected chi connectivity index (χ0v) is 11.9. The average Bonchev–Trinajstić information content (AvgIpc) is 2.30. The Morgan fingerprint density at radius 1 is 1.05 bits per heavy atom. The lowest BCUT2D eigenvalue weighted by Crippen LogP contribution is -2.38. The Kier molecular flexibility index (Phi) is 8.57. The number of carbonyl (C=O) groups excluding carboxylic acids is 2. The summed E-state index contributed by atoms with van der Waals surface area (Å²) >= 11 is 0. The van der Waals surface area contributed by atoms with Crippen LogP contribution in [-0.2, 0) is 14.4 Å². The van der Waals surface area contributed by atoms with Crippen LogP contribution in [0.15, 0.2) is 0 Å². The number of carbonyl (C=O) groups is 3. The van der Waals surface area contributed by atoms with Crippen molar-refractivity contribution in [2.24, 2.45) is 11.8 Å². The molecule has 0 bridgehead atoms. The van der Waals surface area contributed by atoms with E-state index in [9.17, 15) is 14.4 Å². The molecule has 0 saturated carbocycles. The topological polar surface area (TPSA) is 95.5 Å². The van der Waals surface area contributed by atoms with Crippen molar-refractivity contribution in [2.75, 3.05) is 13.1 Å². The molecule has 0 aliphatic heterocycles. The van der Waals surface area contributed by atoms with Crippen molar-refractivity contribution in [2.45, 2.75) is 40.0 Å². The Morgan fingerprint density at radius 3 is 2.21 bits per heavy atom. The summed E-state index contributed by atoms with van der Waals surface area (Å²) in [6, 6.07) is 0. The number of nitrogens with one attached hydrogen (secondary N) is 2. The molecule has 0 aromatic rings. The Balaban J connectivity index is 3.69. The van der Waals surface area contributed by atoms with Gasteiger partial charge in [0.15, 0.2) is 0 Å². The summed E-state index contributed by atoms with van der Waals surface area (Å²) in [7, 11) is 0. The van der Waals surface area contributed by atoms with Crippen LogP contribution in [0.3, 0.4) is 0 Å². The van der Waals surface area contributed by atoms with Crippen LogP contribution in [0, 0.1) is 11.8 Å². The molecule has 0 spiro atoms. The summed E-state index contributed by atoms with van der Waals surface area (Å²) in [5.74, 6) is -0.990. The maximum atomic E-state index is 11.4. The van der Waals surface area contributed by atoms with Crippen molar-refractivity contribution in [3.8, 4) is 0 Å². The average molecular weight is 272 g/mol. The molecule has 0 aliphatic carbocycles. The van der Waals surface area contributed by atoms with E-state index < -0.39 is 5.97 Å². The summed E-state index contributed by atoms with van der Waals surface area (Å²) in [6.45, 7) is 6.05. The summed E-state index contributed by atoms with van der Waals surface area (Å²) in [4.78, 5) is 33.2. The lowest BCUT2D eigenvalue weighted by molar-refractivity contribution is -0.138. The third-order valence-electron chi connectivity index (χ3n) is 2.57. The molecule has 0 aromatic carbocycles. The second-order valence-electron chi connectivity index (χ2n) is 5.22. The van der Waals surface area contributed by atoms with Crippen LogP contribution >= 0.6 is 0 Å². The highest BCUT2D eigenvalue weighted by molar-refractivity contribution is 5.84. The number of rotatable bonds is 9. The van der Waals surface area contributed by atoms with Gasteiger partial charge in [-0.25, -0.2) is 0 Å². The minimum atomic E-state index is -0.885. The van der Waals surface area contributed by atoms with E-state index in [-0.39, 0.29) is 30.7 Å². The lowest BCUT2D eigenvalue weighted by Gasteiger charge is -2.11. The van der Waals surface area contributed by atoms with E-state index in [0.717, 1.165) is 6.42 Å². The van der Waals surface area contributed by atoms with Crippen LogP contribution in [0.1, 0.15) is 40.0 Å². The van der Waals surface area contributed by atoms with Crippen LogP contribution in [0.25, 0.3) is 0 Å². The van der Waals surface area contributed by atoms with Crippen molar-refractivity contribution < 1.29 is 19.5 Å². The summed E-state index contributed by atoms with van der Waals surface area (Å²) in [6.07, 6.45) is 1.23. The number of hydrogen-bond acceptors (Lipinski definition) is 3. The fraction of sp³-hybridized carbons (Fsp3) is 0.769. The maximum Gasteiger partial charge on any atom is 0.303 e. The largest absolute Gasteiger partial charge is 0.481 e. The number of carboxylic acids is 1. The van der Waals surface area contributed by atoms with Gasteiger partial charge in [0.1, 0.15) is 0 Å². The predicted molar refractivity (Wildman–Crippen MR) is 71.5 cm³/mol. The standard InChI is InChI=1S/C13H24N2O4/c1-9(2)4-5-11(16)15-8-12(17)14-7-10(3)6-13(18)19/h9-10H,4-8H2,1-3H3,(H,14,17)(H,15,16)(H,18,19). The molecule has 0 fully saturated rings. The van der Waals surface area contributed by atoms with E-state index in [0.29, 0.717) is 18.9 Å². The molecule has 0 aromatic heterocycles. The summed E-state index contributed by atoms with van der Waals surface area (Å²) in [5, 5.41) is 13.7. The molecule has 0 rings (SSSR count). The first kappa shape index (κ1) is 17.4. The molecule has 0 aliphatic rings. The van der Waals surface area contributed by atoms with Crippen molar-refractivity contribution >= 4 is 17.8 Å². The Morgan fingerprint density at radius 2 is 1.68 bits per heavy atom. The van der Waals surface area contributed by atoms with Gasteiger partial charge in [-0.1, -0.05) is 20.8 Å². The van der Waals surface area contributed by atoms with Gasteiger partial charge in [-0.15, -0.1) is 0 Å². The minimum absolute atomic E-state index is 0.0149. The molecule has 3 N–H and O–H groups in total. The molecule has 6 nitrogen and oxygen atoms in total. The highest BCUT2D eigenvalue weighted by atomic mass is 16.4. The van der Waals surface area contributed by atoms with Gasteiger partial charge in [-0.3, -0.25) is 14.4 Å².